The number of rotatable bonds is 6. The highest BCUT2D eigenvalue weighted by Gasteiger charge is 2.18. The summed E-state index contributed by atoms with van der Waals surface area (Å²) in [6, 6.07) is 5.41. The number of esters is 1. The fourth-order valence-electron chi connectivity index (χ4n) is 1.54. The third-order valence-corrected chi connectivity index (χ3v) is 4.03. The maximum Gasteiger partial charge on any atom is 0.338 e. The van der Waals surface area contributed by atoms with Crippen molar-refractivity contribution in [1.82, 2.24) is 20.2 Å². The van der Waals surface area contributed by atoms with Crippen molar-refractivity contribution in [2.45, 2.75) is 18.2 Å². The van der Waals surface area contributed by atoms with Crippen molar-refractivity contribution in [2.75, 3.05) is 11.3 Å². The molecule has 2 aromatic rings. The normalized spacial score (nSPS) is 11.2. The number of anilines is 1. The zero-order valence-corrected chi connectivity index (χ0v) is 12.9. The van der Waals surface area contributed by atoms with Gasteiger partial charge in [-0.2, -0.15) is 0 Å². The molecule has 0 saturated carbocycles. The lowest BCUT2D eigenvalue weighted by Gasteiger charge is -2.07. The van der Waals surface area contributed by atoms with Crippen molar-refractivity contribution in [3.8, 4) is 0 Å². The molecule has 1 aromatic heterocycles. The van der Waals surface area contributed by atoms with Gasteiger partial charge in [0.2, 0.25) is 0 Å². The zero-order chi connectivity index (χ0) is 16.2. The molecule has 1 heterocycles. The van der Waals surface area contributed by atoms with Crippen molar-refractivity contribution in [2.24, 2.45) is 7.05 Å². The molecule has 0 aliphatic rings. The minimum Gasteiger partial charge on any atom is -0.462 e. The van der Waals surface area contributed by atoms with Gasteiger partial charge in [0, 0.05) is 7.05 Å². The molecule has 0 unspecified atom stereocenters. The molecule has 0 aliphatic carbocycles. The van der Waals surface area contributed by atoms with Crippen LogP contribution in [0.4, 0.5) is 5.95 Å². The molecule has 0 radical (unpaired) electrons. The summed E-state index contributed by atoms with van der Waals surface area (Å²) < 4.78 is 32.7. The van der Waals surface area contributed by atoms with Crippen molar-refractivity contribution in [1.29, 1.82) is 0 Å². The maximum atomic E-state index is 12.2. The first-order valence-electron chi connectivity index (χ1n) is 6.46. The molecule has 0 atom stereocenters. The molecule has 22 heavy (non-hydrogen) atoms. The molecular formula is C12H15N5O4S. The number of aryl methyl sites for hydroxylation is 1. The zero-order valence-electron chi connectivity index (χ0n) is 12.1. The molecule has 2 rings (SSSR count). The number of sulfonamides is 1. The van der Waals surface area contributed by atoms with Gasteiger partial charge >= 0.3 is 5.97 Å². The van der Waals surface area contributed by atoms with Crippen LogP contribution in [0.2, 0.25) is 0 Å². The van der Waals surface area contributed by atoms with E-state index in [1.54, 1.807) is 0 Å². The lowest BCUT2D eigenvalue weighted by molar-refractivity contribution is 0.0505. The van der Waals surface area contributed by atoms with Crippen molar-refractivity contribution >= 4 is 21.9 Å². The van der Waals surface area contributed by atoms with E-state index in [1.807, 2.05) is 6.92 Å². The first-order valence-corrected chi connectivity index (χ1v) is 7.94. The Morgan fingerprint density at radius 2 is 2.00 bits per heavy atom. The molecule has 0 spiro atoms. The van der Waals surface area contributed by atoms with Crippen molar-refractivity contribution < 1.29 is 17.9 Å². The monoisotopic (exact) mass is 325 g/mol. The van der Waals surface area contributed by atoms with Gasteiger partial charge in [0.15, 0.2) is 0 Å². The van der Waals surface area contributed by atoms with Gasteiger partial charge in [-0.05, 0) is 41.1 Å². The van der Waals surface area contributed by atoms with E-state index in [0.717, 1.165) is 0 Å². The average Bonchev–Trinajstić information content (AvgIpc) is 2.89. The maximum absolute atomic E-state index is 12.2. The Morgan fingerprint density at radius 1 is 1.32 bits per heavy atom. The van der Waals surface area contributed by atoms with Crippen molar-refractivity contribution in [3.63, 3.8) is 0 Å². The smallest absolute Gasteiger partial charge is 0.338 e. The fourth-order valence-corrected chi connectivity index (χ4v) is 2.57. The number of carbonyl (C=O) groups excluding carboxylic acids is 1. The second-order valence-electron chi connectivity index (χ2n) is 4.39. The summed E-state index contributed by atoms with van der Waals surface area (Å²) in [6.45, 7) is 2.20. The molecule has 0 fully saturated rings. The highest BCUT2D eigenvalue weighted by molar-refractivity contribution is 7.92. The van der Waals surface area contributed by atoms with Gasteiger partial charge in [-0.15, -0.1) is 0 Å². The number of hydrogen-bond acceptors (Lipinski definition) is 7. The summed E-state index contributed by atoms with van der Waals surface area (Å²) >= 11 is 0. The average molecular weight is 325 g/mol. The summed E-state index contributed by atoms with van der Waals surface area (Å²) in [5, 5.41) is 10.4. The number of tetrazole rings is 1. The van der Waals surface area contributed by atoms with Crippen LogP contribution in [0.3, 0.4) is 0 Å². The molecule has 0 aliphatic heterocycles. The first-order chi connectivity index (χ1) is 10.4. The molecule has 0 bridgehead atoms. The minimum atomic E-state index is -3.83. The largest absolute Gasteiger partial charge is 0.462 e. The van der Waals surface area contributed by atoms with Crippen LogP contribution < -0.4 is 4.72 Å². The van der Waals surface area contributed by atoms with Crippen LogP contribution >= 0.6 is 0 Å². The molecule has 10 heteroatoms. The predicted octanol–water partition coefficient (Wildman–Crippen LogP) is 0.578. The molecule has 0 saturated heterocycles. The fraction of sp³-hybridized carbons (Fsp3) is 0.333. The Labute approximate surface area is 127 Å². The molecule has 118 valence electrons. The first kappa shape index (κ1) is 15.9. The summed E-state index contributed by atoms with van der Waals surface area (Å²) in [5.41, 5.74) is 0.285. The van der Waals surface area contributed by atoms with Crippen LogP contribution in [-0.2, 0) is 21.8 Å². The number of ether oxygens (including phenoxy) is 1. The Hall–Kier alpha value is -2.49. The highest BCUT2D eigenvalue weighted by Crippen LogP contribution is 2.14. The van der Waals surface area contributed by atoms with Crippen LogP contribution in [0, 0.1) is 0 Å². The van der Waals surface area contributed by atoms with Crippen LogP contribution in [-0.4, -0.2) is 41.2 Å². The number of aromatic nitrogens is 4. The third kappa shape index (κ3) is 3.58. The highest BCUT2D eigenvalue weighted by atomic mass is 32.2. The number of nitrogens with one attached hydrogen (secondary N) is 1. The standard InChI is InChI=1S/C12H15N5O4S/c1-3-8-21-11(18)9-4-6-10(7-5-9)22(19,20)14-12-13-15-16-17(12)2/h4-7H,3,8H2,1-2H3,(H,13,14,16). The molecular weight excluding hydrogens is 310 g/mol. The number of hydrogen-bond donors (Lipinski definition) is 1. The van der Waals surface area contributed by atoms with Gasteiger partial charge in [0.05, 0.1) is 17.1 Å². The molecule has 1 aromatic carbocycles. The Kier molecular flexibility index (Phi) is 4.71. The summed E-state index contributed by atoms with van der Waals surface area (Å²) in [7, 11) is -2.33. The lowest BCUT2D eigenvalue weighted by atomic mass is 10.2. The van der Waals surface area contributed by atoms with E-state index in [-0.39, 0.29) is 16.4 Å². The second kappa shape index (κ2) is 6.52. The van der Waals surface area contributed by atoms with E-state index in [4.69, 9.17) is 4.74 Å². The molecule has 0 amide bonds. The summed E-state index contributed by atoms with van der Waals surface area (Å²) in [5.74, 6) is -0.498. The lowest BCUT2D eigenvalue weighted by Crippen LogP contribution is -2.16. The number of nitrogens with zero attached hydrogens (tertiary/aromatic N) is 4. The predicted molar refractivity (Wildman–Crippen MR) is 76.6 cm³/mol. The van der Waals surface area contributed by atoms with E-state index in [9.17, 15) is 13.2 Å². The van der Waals surface area contributed by atoms with E-state index in [2.05, 4.69) is 20.2 Å². The van der Waals surface area contributed by atoms with E-state index in [0.29, 0.717) is 13.0 Å². The van der Waals surface area contributed by atoms with Crippen LogP contribution in [0.1, 0.15) is 23.7 Å². The van der Waals surface area contributed by atoms with Gasteiger partial charge in [0.25, 0.3) is 16.0 Å². The van der Waals surface area contributed by atoms with E-state index < -0.39 is 16.0 Å². The van der Waals surface area contributed by atoms with Crippen molar-refractivity contribution in [3.05, 3.63) is 29.8 Å². The third-order valence-electron chi connectivity index (χ3n) is 2.68. The quantitative estimate of drug-likeness (QED) is 0.772. The topological polar surface area (TPSA) is 116 Å². The SMILES string of the molecule is CCCOC(=O)c1ccc(S(=O)(=O)Nc2nnnn2C)cc1. The second-order valence-corrected chi connectivity index (χ2v) is 6.07. The Bertz CT molecular complexity index is 754. The van der Waals surface area contributed by atoms with E-state index in [1.165, 1.54) is 36.0 Å². The van der Waals surface area contributed by atoms with Crippen LogP contribution in [0.5, 0.6) is 0 Å². The van der Waals surface area contributed by atoms with Crippen LogP contribution in [0.15, 0.2) is 29.2 Å². The molecule has 1 N–H and O–H groups in total. The summed E-state index contributed by atoms with van der Waals surface area (Å²) in [6.07, 6.45) is 0.716. The van der Waals surface area contributed by atoms with Gasteiger partial charge in [0.1, 0.15) is 0 Å². The Balaban J connectivity index is 2.15. The summed E-state index contributed by atoms with van der Waals surface area (Å²) in [4.78, 5) is 11.6. The van der Waals surface area contributed by atoms with Gasteiger partial charge in [-0.3, -0.25) is 0 Å². The Morgan fingerprint density at radius 3 is 2.55 bits per heavy atom. The van der Waals surface area contributed by atoms with E-state index >= 15 is 0 Å². The number of benzene rings is 1. The minimum absolute atomic E-state index is 0.00793. The molecule has 9 nitrogen and oxygen atoms in total. The van der Waals surface area contributed by atoms with Gasteiger partial charge < -0.3 is 4.74 Å². The number of carbonyl (C=O) groups is 1. The van der Waals surface area contributed by atoms with Gasteiger partial charge in [-0.25, -0.2) is 22.6 Å². The van der Waals surface area contributed by atoms with Crippen LogP contribution in [0.25, 0.3) is 0 Å². The van der Waals surface area contributed by atoms with Gasteiger partial charge in [-0.1, -0.05) is 12.0 Å².